The maximum Gasteiger partial charge on any atom is 0.408 e. The molecular weight excluding hydrogens is 370 g/mol. The highest BCUT2D eigenvalue weighted by Crippen LogP contribution is 2.37. The number of carbonyl (C=O) groups excluding carboxylic acids is 2. The van der Waals surface area contributed by atoms with Gasteiger partial charge in [0.05, 0.1) is 0 Å². The molecule has 2 N–H and O–H groups in total. The van der Waals surface area contributed by atoms with E-state index in [4.69, 9.17) is 9.47 Å². The Hall–Kier alpha value is -1.30. The Morgan fingerprint density at radius 1 is 1.00 bits per heavy atom. The van der Waals surface area contributed by atoms with Crippen LogP contribution in [0.2, 0.25) is 0 Å². The first-order valence-corrected chi connectivity index (χ1v) is 11.4. The maximum absolute atomic E-state index is 13.1. The van der Waals surface area contributed by atoms with Crippen molar-refractivity contribution < 1.29 is 24.2 Å². The van der Waals surface area contributed by atoms with E-state index >= 15 is 0 Å². The van der Waals surface area contributed by atoms with Crippen LogP contribution in [0.3, 0.4) is 0 Å². The smallest absolute Gasteiger partial charge is 0.408 e. The van der Waals surface area contributed by atoms with Crippen LogP contribution >= 0.6 is 0 Å². The first-order valence-electron chi connectivity index (χ1n) is 11.4. The summed E-state index contributed by atoms with van der Waals surface area (Å²) in [5, 5.41) is 14.1. The fourth-order valence-corrected chi connectivity index (χ4v) is 3.81. The largest absolute Gasteiger partial charge is 0.444 e. The lowest BCUT2D eigenvalue weighted by Crippen LogP contribution is -2.50. The van der Waals surface area contributed by atoms with Crippen molar-refractivity contribution in [1.29, 1.82) is 0 Å². The summed E-state index contributed by atoms with van der Waals surface area (Å²) in [6.45, 7) is 13.5. The topological polar surface area (TPSA) is 84.9 Å². The standard InChI is InChI=1S/C23H43NO5/c1-8-16(9-2)15-23(27,18(10-3)11-4)28-20(25)19(14-17-12-13-17)24-21(26)29-22(5,6)7/h16-19,27H,8-15H2,1-7H3,(H,24,26)/t19-,23-/m0/s1. The highest BCUT2D eigenvalue weighted by Gasteiger charge is 2.43. The third-order valence-electron chi connectivity index (χ3n) is 5.88. The van der Waals surface area contributed by atoms with Gasteiger partial charge < -0.3 is 19.9 Å². The van der Waals surface area contributed by atoms with Gasteiger partial charge in [0.1, 0.15) is 11.6 Å². The molecule has 1 aliphatic rings. The SMILES string of the molecule is CCC(CC)C[C@](O)(OC(=O)[C@H](CC1CC1)NC(=O)OC(C)(C)C)C(CC)CC. The maximum atomic E-state index is 13.1. The fraction of sp³-hybridized carbons (Fsp3) is 0.913. The Bertz CT molecular complexity index is 518. The Balaban J connectivity index is 2.96. The second-order valence-corrected chi connectivity index (χ2v) is 9.54. The molecule has 0 aliphatic heterocycles. The summed E-state index contributed by atoms with van der Waals surface area (Å²) in [4.78, 5) is 25.3. The van der Waals surface area contributed by atoms with Gasteiger partial charge in [0.2, 0.25) is 5.79 Å². The van der Waals surface area contributed by atoms with Gasteiger partial charge >= 0.3 is 12.1 Å². The number of hydrogen-bond donors (Lipinski definition) is 2. The predicted octanol–water partition coefficient (Wildman–Crippen LogP) is 5.17. The molecule has 0 spiro atoms. The lowest BCUT2D eigenvalue weighted by atomic mass is 9.84. The molecule has 170 valence electrons. The Kier molecular flexibility index (Phi) is 9.93. The van der Waals surface area contributed by atoms with E-state index < -0.39 is 29.5 Å². The van der Waals surface area contributed by atoms with Crippen LogP contribution < -0.4 is 5.32 Å². The van der Waals surface area contributed by atoms with Crippen molar-refractivity contribution in [1.82, 2.24) is 5.32 Å². The minimum Gasteiger partial charge on any atom is -0.444 e. The fourth-order valence-electron chi connectivity index (χ4n) is 3.81. The van der Waals surface area contributed by atoms with Gasteiger partial charge in [0, 0.05) is 12.3 Å². The zero-order valence-electron chi connectivity index (χ0n) is 19.5. The number of esters is 1. The molecule has 2 atom stereocenters. The third-order valence-corrected chi connectivity index (χ3v) is 5.88. The summed E-state index contributed by atoms with van der Waals surface area (Å²) < 4.78 is 11.1. The number of carbonyl (C=O) groups is 2. The molecular formula is C23H43NO5. The molecule has 6 nitrogen and oxygen atoms in total. The molecule has 1 rings (SSSR count). The van der Waals surface area contributed by atoms with Crippen molar-refractivity contribution in [3.63, 3.8) is 0 Å². The van der Waals surface area contributed by atoms with Gasteiger partial charge in [-0.25, -0.2) is 9.59 Å². The minimum atomic E-state index is -1.52. The summed E-state index contributed by atoms with van der Waals surface area (Å²) in [7, 11) is 0. The van der Waals surface area contributed by atoms with Gasteiger partial charge in [0.25, 0.3) is 0 Å². The molecule has 0 aromatic carbocycles. The number of rotatable bonds is 12. The van der Waals surface area contributed by atoms with E-state index in [2.05, 4.69) is 19.2 Å². The van der Waals surface area contributed by atoms with E-state index in [1.165, 1.54) is 0 Å². The van der Waals surface area contributed by atoms with E-state index in [0.29, 0.717) is 31.6 Å². The summed E-state index contributed by atoms with van der Waals surface area (Å²) >= 11 is 0. The zero-order valence-corrected chi connectivity index (χ0v) is 19.5. The first kappa shape index (κ1) is 25.7. The number of aliphatic hydroxyl groups is 1. The average Bonchev–Trinajstić information content (AvgIpc) is 3.42. The predicted molar refractivity (Wildman–Crippen MR) is 114 cm³/mol. The van der Waals surface area contributed by atoms with E-state index in [1.807, 2.05) is 13.8 Å². The number of hydrogen-bond acceptors (Lipinski definition) is 5. The van der Waals surface area contributed by atoms with E-state index in [9.17, 15) is 14.7 Å². The summed E-state index contributed by atoms with van der Waals surface area (Å²) in [5.74, 6) is -1.55. The van der Waals surface area contributed by atoms with Crippen molar-refractivity contribution in [3.8, 4) is 0 Å². The van der Waals surface area contributed by atoms with Crippen molar-refractivity contribution >= 4 is 12.1 Å². The summed E-state index contributed by atoms with van der Waals surface area (Å²) in [6, 6.07) is -0.806. The molecule has 0 aromatic heterocycles. The van der Waals surface area contributed by atoms with E-state index in [0.717, 1.165) is 25.7 Å². The molecule has 1 aliphatic carbocycles. The molecule has 6 heteroatoms. The Morgan fingerprint density at radius 2 is 1.55 bits per heavy atom. The number of alkyl carbamates (subject to hydrolysis) is 1. The van der Waals surface area contributed by atoms with Crippen molar-refractivity contribution in [2.45, 2.75) is 117 Å². The molecule has 1 saturated carbocycles. The van der Waals surface area contributed by atoms with Crippen molar-refractivity contribution in [2.24, 2.45) is 17.8 Å². The molecule has 29 heavy (non-hydrogen) atoms. The van der Waals surface area contributed by atoms with Gasteiger partial charge in [-0.1, -0.05) is 53.4 Å². The summed E-state index contributed by atoms with van der Waals surface area (Å²) in [5.41, 5.74) is -0.649. The number of ether oxygens (including phenoxy) is 2. The van der Waals surface area contributed by atoms with Crippen LogP contribution in [0.25, 0.3) is 0 Å². The van der Waals surface area contributed by atoms with Gasteiger partial charge in [-0.2, -0.15) is 0 Å². The van der Waals surface area contributed by atoms with Gasteiger partial charge in [-0.15, -0.1) is 0 Å². The first-order chi connectivity index (χ1) is 13.5. The molecule has 1 amide bonds. The molecule has 0 heterocycles. The van der Waals surface area contributed by atoms with Gasteiger partial charge in [-0.3, -0.25) is 0 Å². The second-order valence-electron chi connectivity index (χ2n) is 9.54. The quantitative estimate of drug-likeness (QED) is 0.340. The van der Waals surface area contributed by atoms with Crippen molar-refractivity contribution in [2.75, 3.05) is 0 Å². The third kappa shape index (κ3) is 8.93. The highest BCUT2D eigenvalue weighted by molar-refractivity contribution is 5.81. The van der Waals surface area contributed by atoms with Crippen molar-refractivity contribution in [3.05, 3.63) is 0 Å². The lowest BCUT2D eigenvalue weighted by Gasteiger charge is -2.38. The highest BCUT2D eigenvalue weighted by atomic mass is 16.7. The van der Waals surface area contributed by atoms with Gasteiger partial charge in [-0.05, 0) is 51.9 Å². The zero-order chi connectivity index (χ0) is 22.2. The molecule has 1 fully saturated rings. The van der Waals surface area contributed by atoms with Crippen LogP contribution in [0.5, 0.6) is 0 Å². The van der Waals surface area contributed by atoms with Gasteiger partial charge in [0.15, 0.2) is 0 Å². The molecule has 0 bridgehead atoms. The normalized spacial score (nSPS) is 17.7. The minimum absolute atomic E-state index is 0.143. The lowest BCUT2D eigenvalue weighted by molar-refractivity contribution is -0.242. The Labute approximate surface area is 177 Å². The van der Waals surface area contributed by atoms with E-state index in [1.54, 1.807) is 20.8 Å². The van der Waals surface area contributed by atoms with Crippen LogP contribution in [-0.4, -0.2) is 34.6 Å². The molecule has 0 aromatic rings. The summed E-state index contributed by atoms with van der Waals surface area (Å²) in [6.07, 6.45) is 5.65. The number of amides is 1. The van der Waals surface area contributed by atoms with Crippen LogP contribution in [0.15, 0.2) is 0 Å². The van der Waals surface area contributed by atoms with Crippen LogP contribution in [-0.2, 0) is 14.3 Å². The van der Waals surface area contributed by atoms with Crippen LogP contribution in [0.4, 0.5) is 4.79 Å². The van der Waals surface area contributed by atoms with Crippen LogP contribution in [0, 0.1) is 17.8 Å². The van der Waals surface area contributed by atoms with Crippen LogP contribution in [0.1, 0.15) is 99.8 Å². The molecule has 0 saturated heterocycles. The number of nitrogens with one attached hydrogen (secondary N) is 1. The van der Waals surface area contributed by atoms with E-state index in [-0.39, 0.29) is 11.8 Å². The average molecular weight is 414 g/mol. The Morgan fingerprint density at radius 3 is 1.97 bits per heavy atom. The second kappa shape index (κ2) is 11.2. The molecule has 0 unspecified atom stereocenters. The molecule has 0 radical (unpaired) electrons. The monoisotopic (exact) mass is 413 g/mol.